The van der Waals surface area contributed by atoms with Crippen LogP contribution in [0.1, 0.15) is 32.4 Å². The van der Waals surface area contributed by atoms with Gasteiger partial charge in [-0.2, -0.15) is 0 Å². The second-order valence-corrected chi connectivity index (χ2v) is 9.74. The fourth-order valence-electron chi connectivity index (χ4n) is 4.30. The second kappa shape index (κ2) is 19.4. The topological polar surface area (TPSA) is 194 Å². The molecule has 3 heterocycles. The molecule has 1 aliphatic rings. The van der Waals surface area contributed by atoms with E-state index in [4.69, 9.17) is 23.7 Å². The van der Waals surface area contributed by atoms with Crippen molar-refractivity contribution in [3.8, 4) is 0 Å². The summed E-state index contributed by atoms with van der Waals surface area (Å²) in [6.07, 6.45) is 0. The van der Waals surface area contributed by atoms with Crippen LogP contribution >= 0.6 is 0 Å². The van der Waals surface area contributed by atoms with Gasteiger partial charge in [0.05, 0.1) is 83.4 Å². The van der Waals surface area contributed by atoms with Crippen molar-refractivity contribution in [1.82, 2.24) is 19.8 Å². The maximum Gasteiger partial charge on any atom is 0.356 e. The molecule has 17 heteroatoms. The molecule has 3 rings (SSSR count). The standard InChI is InChI=1S/C28H38N6O11/c1-40-27(35)25-17-21(31-37)15-22(29-25)19-32-3-7-42-11-13-44-9-5-33(6-10-45-14-12-43-8-4-32)20-23-16-24(34(38)39)18-26(30-23)28(36)41-2/h15-18H,3-14,19-20H2,1-2H3. The highest BCUT2D eigenvalue weighted by atomic mass is 16.6. The zero-order valence-electron chi connectivity index (χ0n) is 25.4. The lowest BCUT2D eigenvalue weighted by molar-refractivity contribution is -0.385. The van der Waals surface area contributed by atoms with Crippen molar-refractivity contribution in [3.63, 3.8) is 0 Å². The van der Waals surface area contributed by atoms with Crippen molar-refractivity contribution < 1.29 is 42.9 Å². The number of ether oxygens (including phenoxy) is 6. The predicted octanol–water partition coefficient (Wildman–Crippen LogP) is 1.74. The second-order valence-electron chi connectivity index (χ2n) is 9.74. The molecule has 45 heavy (non-hydrogen) atoms. The molecule has 246 valence electrons. The molecule has 2 aromatic heterocycles. The molecule has 0 unspecified atom stereocenters. The van der Waals surface area contributed by atoms with Gasteiger partial charge in [0.25, 0.3) is 5.69 Å². The molecule has 0 bridgehead atoms. The van der Waals surface area contributed by atoms with Crippen LogP contribution in [0.5, 0.6) is 0 Å². The van der Waals surface area contributed by atoms with E-state index in [1.54, 1.807) is 0 Å². The molecule has 0 amide bonds. The van der Waals surface area contributed by atoms with Crippen molar-refractivity contribution in [2.24, 2.45) is 5.18 Å². The van der Waals surface area contributed by atoms with Gasteiger partial charge in [0.15, 0.2) is 11.4 Å². The van der Waals surface area contributed by atoms with Gasteiger partial charge in [-0.05, 0) is 11.2 Å². The Labute approximate surface area is 259 Å². The summed E-state index contributed by atoms with van der Waals surface area (Å²) in [4.78, 5) is 58.5. The van der Waals surface area contributed by atoms with E-state index in [1.807, 2.05) is 9.80 Å². The fraction of sp³-hybridized carbons (Fsp3) is 0.571. The number of nitroso groups, excluding NO2 is 1. The number of nitro groups is 1. The maximum absolute atomic E-state index is 12.0. The molecule has 0 spiro atoms. The van der Waals surface area contributed by atoms with E-state index in [1.165, 1.54) is 32.4 Å². The normalized spacial score (nSPS) is 17.0. The highest BCUT2D eigenvalue weighted by Gasteiger charge is 2.19. The smallest absolute Gasteiger partial charge is 0.356 e. The number of esters is 2. The minimum Gasteiger partial charge on any atom is -0.464 e. The highest BCUT2D eigenvalue weighted by Crippen LogP contribution is 2.18. The van der Waals surface area contributed by atoms with Crippen molar-refractivity contribution in [1.29, 1.82) is 0 Å². The number of hydrogen-bond acceptors (Lipinski definition) is 16. The maximum atomic E-state index is 12.0. The highest BCUT2D eigenvalue weighted by molar-refractivity contribution is 5.88. The summed E-state index contributed by atoms with van der Waals surface area (Å²) < 4.78 is 32.4. The summed E-state index contributed by atoms with van der Waals surface area (Å²) in [5.41, 5.74) is 0.502. The van der Waals surface area contributed by atoms with Crippen LogP contribution in [0, 0.1) is 15.0 Å². The number of hydrogen-bond donors (Lipinski definition) is 0. The number of pyridine rings is 2. The first-order chi connectivity index (χ1) is 21.8. The molecular weight excluding hydrogens is 596 g/mol. The summed E-state index contributed by atoms with van der Waals surface area (Å²) in [7, 11) is 2.42. The number of aromatic nitrogens is 2. The van der Waals surface area contributed by atoms with Gasteiger partial charge in [0.2, 0.25) is 0 Å². The Kier molecular flexibility index (Phi) is 15.3. The molecule has 1 saturated heterocycles. The third-order valence-corrected chi connectivity index (χ3v) is 6.55. The largest absolute Gasteiger partial charge is 0.464 e. The van der Waals surface area contributed by atoms with Crippen molar-refractivity contribution in [2.45, 2.75) is 13.1 Å². The molecule has 2 aromatic rings. The van der Waals surface area contributed by atoms with Crippen LogP contribution in [0.3, 0.4) is 0 Å². The van der Waals surface area contributed by atoms with Gasteiger partial charge < -0.3 is 28.4 Å². The van der Waals surface area contributed by atoms with E-state index in [2.05, 4.69) is 19.9 Å². The summed E-state index contributed by atoms with van der Waals surface area (Å²) in [6.45, 7) is 5.38. The zero-order valence-corrected chi connectivity index (χ0v) is 25.4. The number of carbonyl (C=O) groups is 2. The van der Waals surface area contributed by atoms with Crippen molar-refractivity contribution in [2.75, 3.05) is 93.3 Å². The number of methoxy groups -OCH3 is 2. The molecule has 0 aromatic carbocycles. The van der Waals surface area contributed by atoms with E-state index >= 15 is 0 Å². The minimum absolute atomic E-state index is 0.00126. The molecular formula is C28H38N6O11. The van der Waals surface area contributed by atoms with Crippen LogP contribution in [0.25, 0.3) is 0 Å². The van der Waals surface area contributed by atoms with Gasteiger partial charge in [-0.3, -0.25) is 19.9 Å². The minimum atomic E-state index is -0.761. The molecule has 0 aliphatic carbocycles. The van der Waals surface area contributed by atoms with Crippen molar-refractivity contribution >= 4 is 23.3 Å². The lowest BCUT2D eigenvalue weighted by atomic mass is 10.2. The number of carbonyl (C=O) groups excluding carboxylic acids is 2. The van der Waals surface area contributed by atoms with Gasteiger partial charge in [-0.15, -0.1) is 4.91 Å². The van der Waals surface area contributed by atoms with Gasteiger partial charge in [0.1, 0.15) is 5.69 Å². The predicted molar refractivity (Wildman–Crippen MR) is 157 cm³/mol. The first-order valence-electron chi connectivity index (χ1n) is 14.2. The van der Waals surface area contributed by atoms with Crippen LogP contribution in [-0.4, -0.2) is 130 Å². The summed E-state index contributed by atoms with van der Waals surface area (Å²) in [5, 5.41) is 14.3. The lowest BCUT2D eigenvalue weighted by Crippen LogP contribution is -2.33. The van der Waals surface area contributed by atoms with E-state index in [-0.39, 0.29) is 29.3 Å². The Bertz CT molecular complexity index is 1260. The molecule has 1 aliphatic heterocycles. The Morgan fingerprint density at radius 2 is 1.18 bits per heavy atom. The van der Waals surface area contributed by atoms with E-state index < -0.39 is 16.9 Å². The summed E-state index contributed by atoms with van der Waals surface area (Å²) in [6, 6.07) is 5.21. The number of rotatable bonds is 8. The van der Waals surface area contributed by atoms with Crippen LogP contribution in [0.15, 0.2) is 29.4 Å². The first-order valence-corrected chi connectivity index (χ1v) is 14.2. The van der Waals surface area contributed by atoms with Gasteiger partial charge in [-0.1, -0.05) is 0 Å². The molecule has 17 nitrogen and oxygen atoms in total. The van der Waals surface area contributed by atoms with Gasteiger partial charge in [0, 0.05) is 57.5 Å². The summed E-state index contributed by atoms with van der Waals surface area (Å²) in [5.74, 6) is -1.42. The van der Waals surface area contributed by atoms with Crippen LogP contribution in [0.4, 0.5) is 11.4 Å². The average Bonchev–Trinajstić information content (AvgIpc) is 3.05. The van der Waals surface area contributed by atoms with Crippen LogP contribution < -0.4 is 0 Å². The Morgan fingerprint density at radius 3 is 1.58 bits per heavy atom. The van der Waals surface area contributed by atoms with E-state index in [9.17, 15) is 24.6 Å². The van der Waals surface area contributed by atoms with Gasteiger partial charge >= 0.3 is 11.9 Å². The lowest BCUT2D eigenvalue weighted by Gasteiger charge is -2.23. The molecule has 0 radical (unpaired) electrons. The number of nitrogens with zero attached hydrogens (tertiary/aromatic N) is 6. The zero-order chi connectivity index (χ0) is 32.4. The molecule has 0 N–H and O–H groups in total. The third kappa shape index (κ3) is 12.5. The third-order valence-electron chi connectivity index (χ3n) is 6.55. The Hall–Kier alpha value is -4.00. The quantitative estimate of drug-likeness (QED) is 0.176. The van der Waals surface area contributed by atoms with E-state index in [0.29, 0.717) is 97.0 Å². The fourth-order valence-corrected chi connectivity index (χ4v) is 4.30. The van der Waals surface area contributed by atoms with E-state index in [0.717, 1.165) is 6.07 Å². The first kappa shape index (κ1) is 35.5. The average molecular weight is 635 g/mol. The molecule has 0 atom stereocenters. The van der Waals surface area contributed by atoms with Crippen LogP contribution in [-0.2, 0) is 41.5 Å². The van der Waals surface area contributed by atoms with Gasteiger partial charge in [-0.25, -0.2) is 19.6 Å². The Balaban J connectivity index is 1.57. The molecule has 1 fully saturated rings. The summed E-state index contributed by atoms with van der Waals surface area (Å²) >= 11 is 0. The van der Waals surface area contributed by atoms with Crippen molar-refractivity contribution in [3.05, 3.63) is 62.1 Å². The molecule has 0 saturated carbocycles. The Morgan fingerprint density at radius 1 is 0.756 bits per heavy atom. The monoisotopic (exact) mass is 634 g/mol. The van der Waals surface area contributed by atoms with Crippen LogP contribution in [0.2, 0.25) is 0 Å². The SMILES string of the molecule is COC(=O)c1cc(N=O)cc(CN2CCOCCOCCN(Cc3cc([N+](=O)[O-])cc(C(=O)OC)n3)CCOCCOCC2)n1.